The lowest BCUT2D eigenvalue weighted by Gasteiger charge is -2.01. The van der Waals surface area contributed by atoms with E-state index < -0.39 is 5.82 Å². The van der Waals surface area contributed by atoms with Gasteiger partial charge in [0, 0.05) is 5.56 Å². The highest BCUT2D eigenvalue weighted by Crippen LogP contribution is 2.26. The van der Waals surface area contributed by atoms with Gasteiger partial charge in [-0.15, -0.1) is 10.2 Å². The van der Waals surface area contributed by atoms with E-state index in [1.54, 1.807) is 19.2 Å². The Morgan fingerprint density at radius 3 is 2.83 bits per heavy atom. The van der Waals surface area contributed by atoms with Crippen LogP contribution in [-0.2, 0) is 0 Å². The zero-order valence-corrected chi connectivity index (χ0v) is 13.5. The van der Waals surface area contributed by atoms with Gasteiger partial charge in [0.05, 0.1) is 18.4 Å². The van der Waals surface area contributed by atoms with Crippen LogP contribution in [0, 0.1) is 5.82 Å². The zero-order chi connectivity index (χ0) is 16.9. The number of Topliss-reactive ketones (excluding diaryl/α,β-unsaturated/α-hetero) is 1. The molecule has 0 aliphatic heterocycles. The van der Waals surface area contributed by atoms with Gasteiger partial charge in [-0.3, -0.25) is 4.79 Å². The molecule has 7 heteroatoms. The van der Waals surface area contributed by atoms with Gasteiger partial charge in [-0.25, -0.2) is 4.39 Å². The predicted molar refractivity (Wildman–Crippen MR) is 87.7 cm³/mol. The molecule has 0 radical (unpaired) electrons. The number of ether oxygens (including phenoxy) is 1. The third-order valence-corrected chi connectivity index (χ3v) is 4.04. The second kappa shape index (κ2) is 7.27. The summed E-state index contributed by atoms with van der Waals surface area (Å²) in [4.78, 5) is 12.0. The number of hydrogen-bond donors (Lipinski definition) is 0. The molecule has 0 amide bonds. The van der Waals surface area contributed by atoms with Gasteiger partial charge in [-0.2, -0.15) is 0 Å². The van der Waals surface area contributed by atoms with Crippen molar-refractivity contribution in [2.24, 2.45) is 0 Å². The van der Waals surface area contributed by atoms with E-state index in [4.69, 9.17) is 9.15 Å². The van der Waals surface area contributed by atoms with E-state index in [1.807, 2.05) is 18.2 Å². The molecule has 5 nitrogen and oxygen atoms in total. The largest absolute Gasteiger partial charge is 0.497 e. The predicted octanol–water partition coefficient (Wildman–Crippen LogP) is 3.86. The highest BCUT2D eigenvalue weighted by Gasteiger charge is 2.15. The summed E-state index contributed by atoms with van der Waals surface area (Å²) >= 11 is 1.07. The van der Waals surface area contributed by atoms with E-state index in [0.717, 1.165) is 11.8 Å². The number of rotatable bonds is 6. The molecule has 0 saturated heterocycles. The van der Waals surface area contributed by atoms with Crippen LogP contribution in [-0.4, -0.2) is 28.8 Å². The monoisotopic (exact) mass is 344 g/mol. The molecule has 0 saturated carbocycles. The highest BCUT2D eigenvalue weighted by molar-refractivity contribution is 7.99. The Morgan fingerprint density at radius 2 is 2.04 bits per heavy atom. The SMILES string of the molecule is COc1cccc(-c2nnc(SCC(=O)c3ccccc3F)o2)c1. The van der Waals surface area contributed by atoms with E-state index in [0.29, 0.717) is 17.2 Å². The summed E-state index contributed by atoms with van der Waals surface area (Å²) in [5.74, 6) is 0.148. The molecule has 0 aliphatic carbocycles. The van der Waals surface area contributed by atoms with Crippen LogP contribution in [0.4, 0.5) is 4.39 Å². The molecular weight excluding hydrogens is 331 g/mol. The number of thioether (sulfide) groups is 1. The van der Waals surface area contributed by atoms with Crippen LogP contribution in [0.25, 0.3) is 11.5 Å². The van der Waals surface area contributed by atoms with Gasteiger partial charge in [-0.1, -0.05) is 30.0 Å². The number of benzene rings is 2. The van der Waals surface area contributed by atoms with Crippen LogP contribution in [0.15, 0.2) is 58.2 Å². The average Bonchev–Trinajstić information content (AvgIpc) is 3.09. The fourth-order valence-electron chi connectivity index (χ4n) is 2.03. The first kappa shape index (κ1) is 16.2. The summed E-state index contributed by atoms with van der Waals surface area (Å²) in [5.41, 5.74) is 0.770. The summed E-state index contributed by atoms with van der Waals surface area (Å²) in [6.07, 6.45) is 0. The maximum Gasteiger partial charge on any atom is 0.277 e. The van der Waals surface area contributed by atoms with Gasteiger partial charge < -0.3 is 9.15 Å². The van der Waals surface area contributed by atoms with Gasteiger partial charge >= 0.3 is 0 Å². The molecule has 0 atom stereocenters. The minimum absolute atomic E-state index is 0.0146. The van der Waals surface area contributed by atoms with Gasteiger partial charge in [-0.05, 0) is 30.3 Å². The van der Waals surface area contributed by atoms with Crippen molar-refractivity contribution in [2.45, 2.75) is 5.22 Å². The van der Waals surface area contributed by atoms with E-state index in [2.05, 4.69) is 10.2 Å². The molecule has 0 bridgehead atoms. The van der Waals surface area contributed by atoms with Crippen molar-refractivity contribution >= 4 is 17.5 Å². The van der Waals surface area contributed by atoms with E-state index in [9.17, 15) is 9.18 Å². The number of carbonyl (C=O) groups excluding carboxylic acids is 1. The minimum atomic E-state index is -0.536. The van der Waals surface area contributed by atoms with E-state index in [-0.39, 0.29) is 22.3 Å². The van der Waals surface area contributed by atoms with Crippen molar-refractivity contribution in [1.82, 2.24) is 10.2 Å². The zero-order valence-electron chi connectivity index (χ0n) is 12.7. The van der Waals surface area contributed by atoms with Crippen molar-refractivity contribution in [3.8, 4) is 17.2 Å². The molecule has 1 aromatic heterocycles. The normalized spacial score (nSPS) is 10.6. The van der Waals surface area contributed by atoms with E-state index >= 15 is 0 Å². The Hall–Kier alpha value is -2.67. The van der Waals surface area contributed by atoms with Crippen molar-refractivity contribution < 1.29 is 18.3 Å². The van der Waals surface area contributed by atoms with Gasteiger partial charge in [0.25, 0.3) is 5.22 Å². The fraction of sp³-hybridized carbons (Fsp3) is 0.118. The Kier molecular flexibility index (Phi) is 4.90. The van der Waals surface area contributed by atoms with Crippen LogP contribution < -0.4 is 4.74 Å². The topological polar surface area (TPSA) is 65.2 Å². The summed E-state index contributed by atoms with van der Waals surface area (Å²) in [6, 6.07) is 13.1. The van der Waals surface area contributed by atoms with Crippen LogP contribution in [0.5, 0.6) is 5.75 Å². The van der Waals surface area contributed by atoms with Crippen LogP contribution in [0.1, 0.15) is 10.4 Å². The van der Waals surface area contributed by atoms with Gasteiger partial charge in [0.15, 0.2) is 5.78 Å². The lowest BCUT2D eigenvalue weighted by molar-refractivity contribution is 0.101. The first-order chi connectivity index (χ1) is 11.7. The number of hydrogen-bond acceptors (Lipinski definition) is 6. The molecule has 3 aromatic rings. The summed E-state index contributed by atoms with van der Waals surface area (Å²) < 4.78 is 24.2. The number of aromatic nitrogens is 2. The lowest BCUT2D eigenvalue weighted by Crippen LogP contribution is -2.04. The van der Waals surface area contributed by atoms with Crippen molar-refractivity contribution in [3.63, 3.8) is 0 Å². The quantitative estimate of drug-likeness (QED) is 0.500. The lowest BCUT2D eigenvalue weighted by atomic mass is 10.1. The molecule has 3 rings (SSSR count). The number of ketones is 1. The maximum atomic E-state index is 13.6. The average molecular weight is 344 g/mol. The Balaban J connectivity index is 1.68. The molecule has 2 aromatic carbocycles. The maximum absolute atomic E-state index is 13.6. The van der Waals surface area contributed by atoms with Crippen molar-refractivity contribution in [2.75, 3.05) is 12.9 Å². The van der Waals surface area contributed by atoms with Gasteiger partial charge in [0.2, 0.25) is 5.89 Å². The van der Waals surface area contributed by atoms with Crippen LogP contribution >= 0.6 is 11.8 Å². The molecular formula is C17H13FN2O3S. The Morgan fingerprint density at radius 1 is 1.21 bits per heavy atom. The van der Waals surface area contributed by atoms with Crippen LogP contribution in [0.2, 0.25) is 0 Å². The number of nitrogens with zero attached hydrogens (tertiary/aromatic N) is 2. The molecule has 122 valence electrons. The molecule has 0 spiro atoms. The molecule has 0 fully saturated rings. The minimum Gasteiger partial charge on any atom is -0.497 e. The first-order valence-corrected chi connectivity index (χ1v) is 8.04. The standard InChI is InChI=1S/C17H13FN2O3S/c1-22-12-6-4-5-11(9-12)16-19-20-17(23-16)24-10-15(21)13-7-2-3-8-14(13)18/h2-9H,10H2,1H3. The summed E-state index contributed by atoms with van der Waals surface area (Å²) in [6.45, 7) is 0. The Bertz CT molecular complexity index is 866. The molecule has 0 N–H and O–H groups in total. The smallest absolute Gasteiger partial charge is 0.277 e. The second-order valence-electron chi connectivity index (χ2n) is 4.80. The van der Waals surface area contributed by atoms with Gasteiger partial charge in [0.1, 0.15) is 11.6 Å². The highest BCUT2D eigenvalue weighted by atomic mass is 32.2. The number of carbonyl (C=O) groups is 1. The first-order valence-electron chi connectivity index (χ1n) is 7.06. The molecule has 24 heavy (non-hydrogen) atoms. The van der Waals surface area contributed by atoms with Crippen molar-refractivity contribution in [3.05, 3.63) is 59.9 Å². The molecule has 1 heterocycles. The van der Waals surface area contributed by atoms with Crippen LogP contribution in [0.3, 0.4) is 0 Å². The fourth-order valence-corrected chi connectivity index (χ4v) is 2.68. The third kappa shape index (κ3) is 3.62. The summed E-state index contributed by atoms with van der Waals surface area (Å²) in [7, 11) is 1.57. The number of methoxy groups -OCH3 is 1. The number of halogens is 1. The van der Waals surface area contributed by atoms with E-state index in [1.165, 1.54) is 18.2 Å². The molecule has 0 unspecified atom stereocenters. The second-order valence-corrected chi connectivity index (χ2v) is 5.72. The summed E-state index contributed by atoms with van der Waals surface area (Å²) in [5, 5.41) is 8.09. The molecule has 0 aliphatic rings. The Labute approximate surface area is 141 Å². The third-order valence-electron chi connectivity index (χ3n) is 3.22. The van der Waals surface area contributed by atoms with Crippen molar-refractivity contribution in [1.29, 1.82) is 0 Å².